The second-order valence-corrected chi connectivity index (χ2v) is 5.30. The van der Waals surface area contributed by atoms with Crippen LogP contribution < -0.4 is 5.32 Å². The summed E-state index contributed by atoms with van der Waals surface area (Å²) in [5.41, 5.74) is 1.12. The summed E-state index contributed by atoms with van der Waals surface area (Å²) in [6.45, 7) is 0.0875. The van der Waals surface area contributed by atoms with E-state index in [2.05, 4.69) is 5.32 Å². The number of carbonyl (C=O) groups excluding carboxylic acids is 1. The molecule has 0 radical (unpaired) electrons. The lowest BCUT2D eigenvalue weighted by Crippen LogP contribution is -2.28. The largest absolute Gasteiger partial charge is 0.387 e. The van der Waals surface area contributed by atoms with Gasteiger partial charge in [0.2, 0.25) is 0 Å². The van der Waals surface area contributed by atoms with E-state index in [1.54, 1.807) is 0 Å². The Kier molecular flexibility index (Phi) is 4.35. The molecular weight excluding hydrogens is 293 g/mol. The highest BCUT2D eigenvalue weighted by molar-refractivity contribution is 5.94. The first-order valence-corrected chi connectivity index (χ1v) is 7.34. The normalized spacial score (nSPS) is 12.1. The number of hydrogen-bond acceptors (Lipinski definition) is 2. The predicted octanol–water partition coefficient (Wildman–Crippen LogP) is 3.44. The summed E-state index contributed by atoms with van der Waals surface area (Å²) < 4.78 is 12.9. The number of nitrogens with one attached hydrogen (secondary N) is 1. The van der Waals surface area contributed by atoms with Gasteiger partial charge in [-0.25, -0.2) is 4.39 Å². The van der Waals surface area contributed by atoms with Gasteiger partial charge in [0.25, 0.3) is 5.91 Å². The summed E-state index contributed by atoms with van der Waals surface area (Å²) in [4.78, 5) is 12.0. The minimum atomic E-state index is -0.814. The molecule has 3 aromatic carbocycles. The third-order valence-corrected chi connectivity index (χ3v) is 3.74. The Bertz CT molecular complexity index is 825. The molecule has 23 heavy (non-hydrogen) atoms. The SMILES string of the molecule is O=C(NCC(O)c1cccc2ccccc12)c1ccc(F)cc1. The summed E-state index contributed by atoms with van der Waals surface area (Å²) in [5, 5.41) is 15.0. The van der Waals surface area contributed by atoms with Crippen molar-refractivity contribution in [2.75, 3.05) is 6.54 Å². The van der Waals surface area contributed by atoms with Crippen molar-refractivity contribution in [1.29, 1.82) is 0 Å². The Labute approximate surface area is 133 Å². The number of amides is 1. The number of aliphatic hydroxyl groups is 1. The van der Waals surface area contributed by atoms with Crippen molar-refractivity contribution in [2.24, 2.45) is 0 Å². The van der Waals surface area contributed by atoms with Crippen molar-refractivity contribution in [3.8, 4) is 0 Å². The maximum Gasteiger partial charge on any atom is 0.251 e. The second kappa shape index (κ2) is 6.58. The molecule has 1 amide bonds. The van der Waals surface area contributed by atoms with Crippen molar-refractivity contribution in [3.63, 3.8) is 0 Å². The van der Waals surface area contributed by atoms with Crippen LogP contribution in [0, 0.1) is 5.82 Å². The molecule has 0 fully saturated rings. The fourth-order valence-electron chi connectivity index (χ4n) is 2.54. The molecule has 0 aliphatic rings. The first kappa shape index (κ1) is 15.2. The molecule has 0 aliphatic carbocycles. The summed E-state index contributed by atoms with van der Waals surface area (Å²) in [6, 6.07) is 18.8. The van der Waals surface area contributed by atoms with Crippen molar-refractivity contribution < 1.29 is 14.3 Å². The molecule has 3 nitrogen and oxygen atoms in total. The fourth-order valence-corrected chi connectivity index (χ4v) is 2.54. The number of aliphatic hydroxyl groups excluding tert-OH is 1. The maximum atomic E-state index is 12.9. The molecular formula is C19H16FNO2. The van der Waals surface area contributed by atoms with E-state index in [4.69, 9.17) is 0 Å². The van der Waals surface area contributed by atoms with Gasteiger partial charge in [-0.15, -0.1) is 0 Å². The van der Waals surface area contributed by atoms with Gasteiger partial charge in [-0.1, -0.05) is 42.5 Å². The molecule has 0 bridgehead atoms. The van der Waals surface area contributed by atoms with Gasteiger partial charge in [-0.2, -0.15) is 0 Å². The van der Waals surface area contributed by atoms with Crippen molar-refractivity contribution in [2.45, 2.75) is 6.10 Å². The summed E-state index contributed by atoms with van der Waals surface area (Å²) in [7, 11) is 0. The van der Waals surface area contributed by atoms with Crippen molar-refractivity contribution >= 4 is 16.7 Å². The molecule has 0 spiro atoms. The summed E-state index contributed by atoms with van der Waals surface area (Å²) in [5.74, 6) is -0.735. The number of halogens is 1. The number of benzene rings is 3. The van der Waals surface area contributed by atoms with Crippen LogP contribution in [0.5, 0.6) is 0 Å². The number of fused-ring (bicyclic) bond motifs is 1. The van der Waals surface area contributed by atoms with E-state index in [1.165, 1.54) is 24.3 Å². The second-order valence-electron chi connectivity index (χ2n) is 5.30. The van der Waals surface area contributed by atoms with E-state index in [0.717, 1.165) is 16.3 Å². The number of rotatable bonds is 4. The van der Waals surface area contributed by atoms with Gasteiger partial charge in [0.15, 0.2) is 0 Å². The van der Waals surface area contributed by atoms with E-state index in [-0.39, 0.29) is 12.5 Å². The molecule has 116 valence electrons. The van der Waals surface area contributed by atoms with Crippen LogP contribution in [-0.2, 0) is 0 Å². The zero-order valence-electron chi connectivity index (χ0n) is 12.4. The maximum absolute atomic E-state index is 12.9. The molecule has 0 aliphatic heterocycles. The van der Waals surface area contributed by atoms with E-state index in [9.17, 15) is 14.3 Å². The van der Waals surface area contributed by atoms with Crippen LogP contribution >= 0.6 is 0 Å². The Morgan fingerprint density at radius 2 is 1.70 bits per heavy atom. The molecule has 2 N–H and O–H groups in total. The van der Waals surface area contributed by atoms with E-state index in [1.807, 2.05) is 42.5 Å². The third-order valence-electron chi connectivity index (χ3n) is 3.74. The highest BCUT2D eigenvalue weighted by Gasteiger charge is 2.13. The fraction of sp³-hybridized carbons (Fsp3) is 0.105. The lowest BCUT2D eigenvalue weighted by atomic mass is 10.0. The predicted molar refractivity (Wildman–Crippen MR) is 87.6 cm³/mol. The minimum Gasteiger partial charge on any atom is -0.387 e. The Morgan fingerprint density at radius 1 is 1.00 bits per heavy atom. The number of carbonyl (C=O) groups is 1. The molecule has 0 aromatic heterocycles. The van der Waals surface area contributed by atoms with Gasteiger partial charge >= 0.3 is 0 Å². The van der Waals surface area contributed by atoms with Crippen LogP contribution in [0.15, 0.2) is 66.7 Å². The molecule has 1 atom stereocenters. The highest BCUT2D eigenvalue weighted by Crippen LogP contribution is 2.23. The van der Waals surface area contributed by atoms with Crippen molar-refractivity contribution in [3.05, 3.63) is 83.7 Å². The van der Waals surface area contributed by atoms with Crippen LogP contribution in [-0.4, -0.2) is 17.6 Å². The zero-order valence-corrected chi connectivity index (χ0v) is 12.4. The highest BCUT2D eigenvalue weighted by atomic mass is 19.1. The summed E-state index contributed by atoms with van der Waals surface area (Å²) >= 11 is 0. The summed E-state index contributed by atoms with van der Waals surface area (Å²) in [6.07, 6.45) is -0.814. The van der Waals surface area contributed by atoms with Gasteiger partial charge < -0.3 is 10.4 Å². The molecule has 3 aromatic rings. The standard InChI is InChI=1S/C19H16FNO2/c20-15-10-8-14(9-11-15)19(23)21-12-18(22)17-7-3-5-13-4-1-2-6-16(13)17/h1-11,18,22H,12H2,(H,21,23). The van der Waals surface area contributed by atoms with Gasteiger partial charge in [-0.05, 0) is 40.6 Å². The Balaban J connectivity index is 1.72. The quantitative estimate of drug-likeness (QED) is 0.775. The zero-order chi connectivity index (χ0) is 16.2. The van der Waals surface area contributed by atoms with Crippen molar-refractivity contribution in [1.82, 2.24) is 5.32 Å². The monoisotopic (exact) mass is 309 g/mol. The molecule has 0 saturated carbocycles. The van der Waals surface area contributed by atoms with Crippen LogP contribution in [0.1, 0.15) is 22.0 Å². The third kappa shape index (κ3) is 3.38. The number of hydrogen-bond donors (Lipinski definition) is 2. The lowest BCUT2D eigenvalue weighted by molar-refractivity contribution is 0.0917. The molecule has 1 unspecified atom stereocenters. The first-order valence-electron chi connectivity index (χ1n) is 7.34. The van der Waals surface area contributed by atoms with Crippen LogP contribution in [0.4, 0.5) is 4.39 Å². The molecule has 0 saturated heterocycles. The van der Waals surface area contributed by atoms with Crippen LogP contribution in [0.3, 0.4) is 0 Å². The Morgan fingerprint density at radius 3 is 2.48 bits per heavy atom. The Hall–Kier alpha value is -2.72. The minimum absolute atomic E-state index is 0.0875. The lowest BCUT2D eigenvalue weighted by Gasteiger charge is -2.14. The molecule has 3 rings (SSSR count). The van der Waals surface area contributed by atoms with Gasteiger partial charge in [0.05, 0.1) is 6.10 Å². The van der Waals surface area contributed by atoms with E-state index in [0.29, 0.717) is 5.56 Å². The molecule has 4 heteroatoms. The van der Waals surface area contributed by atoms with E-state index >= 15 is 0 Å². The average molecular weight is 309 g/mol. The van der Waals surface area contributed by atoms with E-state index < -0.39 is 11.9 Å². The first-order chi connectivity index (χ1) is 11.1. The van der Waals surface area contributed by atoms with Crippen LogP contribution in [0.25, 0.3) is 10.8 Å². The topological polar surface area (TPSA) is 49.3 Å². The van der Waals surface area contributed by atoms with Crippen LogP contribution in [0.2, 0.25) is 0 Å². The average Bonchev–Trinajstić information content (AvgIpc) is 2.59. The van der Waals surface area contributed by atoms with Gasteiger partial charge in [-0.3, -0.25) is 4.79 Å². The molecule has 0 heterocycles. The van der Waals surface area contributed by atoms with Gasteiger partial charge in [0, 0.05) is 12.1 Å². The van der Waals surface area contributed by atoms with Gasteiger partial charge in [0.1, 0.15) is 5.82 Å². The smallest absolute Gasteiger partial charge is 0.251 e.